The monoisotopic (exact) mass is 262 g/mol. The number of carbonyl (C=O) groups excluding carboxylic acids is 1. The van der Waals surface area contributed by atoms with Crippen LogP contribution in [0.15, 0.2) is 24.3 Å². The van der Waals surface area contributed by atoms with Crippen LogP contribution in [0.2, 0.25) is 0 Å². The van der Waals surface area contributed by atoms with Crippen LogP contribution < -0.4 is 11.1 Å². The molecule has 2 rings (SSSR count). The van der Waals surface area contributed by atoms with Crippen molar-refractivity contribution in [2.45, 2.75) is 44.6 Å². The Morgan fingerprint density at radius 3 is 2.68 bits per heavy atom. The van der Waals surface area contributed by atoms with Crippen molar-refractivity contribution in [1.29, 1.82) is 0 Å². The van der Waals surface area contributed by atoms with Crippen LogP contribution in [0.1, 0.15) is 38.5 Å². The Morgan fingerprint density at radius 2 is 2.00 bits per heavy atom. The molecule has 4 nitrogen and oxygen atoms in total. The topological polar surface area (TPSA) is 75.4 Å². The summed E-state index contributed by atoms with van der Waals surface area (Å²) >= 11 is 0. The molecule has 19 heavy (non-hydrogen) atoms. The first-order valence-electron chi connectivity index (χ1n) is 7.01. The van der Waals surface area contributed by atoms with Crippen LogP contribution in [0, 0.1) is 5.92 Å². The number of para-hydroxylation sites is 2. The predicted octanol–water partition coefficient (Wildman–Crippen LogP) is 2.63. The number of benzene rings is 1. The van der Waals surface area contributed by atoms with Gasteiger partial charge in [0.05, 0.1) is 11.7 Å². The maximum Gasteiger partial charge on any atom is 0.241 e. The first kappa shape index (κ1) is 13.9. The summed E-state index contributed by atoms with van der Waals surface area (Å²) in [5.41, 5.74) is 6.38. The van der Waals surface area contributed by atoms with Crippen molar-refractivity contribution < 1.29 is 9.90 Å². The Morgan fingerprint density at radius 1 is 1.32 bits per heavy atom. The fourth-order valence-corrected chi connectivity index (χ4v) is 2.69. The molecule has 4 heteroatoms. The van der Waals surface area contributed by atoms with Crippen LogP contribution in [0.3, 0.4) is 0 Å². The Labute approximate surface area is 114 Å². The highest BCUT2D eigenvalue weighted by Crippen LogP contribution is 2.27. The molecule has 1 atom stereocenters. The van der Waals surface area contributed by atoms with Crippen molar-refractivity contribution in [2.75, 3.05) is 5.32 Å². The number of aromatic hydroxyl groups is 1. The molecule has 1 aromatic rings. The van der Waals surface area contributed by atoms with Crippen molar-refractivity contribution in [2.24, 2.45) is 11.7 Å². The lowest BCUT2D eigenvalue weighted by molar-refractivity contribution is -0.117. The Balaban J connectivity index is 1.87. The highest BCUT2D eigenvalue weighted by atomic mass is 16.3. The van der Waals surface area contributed by atoms with Crippen LogP contribution in [0.4, 0.5) is 5.69 Å². The third-order valence-electron chi connectivity index (χ3n) is 3.81. The van der Waals surface area contributed by atoms with Gasteiger partial charge in [-0.3, -0.25) is 4.79 Å². The van der Waals surface area contributed by atoms with Gasteiger partial charge in [-0.2, -0.15) is 0 Å². The van der Waals surface area contributed by atoms with Gasteiger partial charge in [0.15, 0.2) is 0 Å². The summed E-state index contributed by atoms with van der Waals surface area (Å²) in [6.07, 6.45) is 6.89. The molecule has 0 aliphatic heterocycles. The Hall–Kier alpha value is -1.55. The summed E-state index contributed by atoms with van der Waals surface area (Å²) in [5.74, 6) is 0.423. The lowest BCUT2D eigenvalue weighted by Crippen LogP contribution is -2.37. The van der Waals surface area contributed by atoms with Gasteiger partial charge in [0.2, 0.25) is 5.91 Å². The quantitative estimate of drug-likeness (QED) is 0.730. The molecule has 1 aliphatic carbocycles. The molecule has 1 fully saturated rings. The summed E-state index contributed by atoms with van der Waals surface area (Å²) in [6.45, 7) is 0. The third-order valence-corrected chi connectivity index (χ3v) is 3.81. The molecule has 1 aliphatic rings. The smallest absolute Gasteiger partial charge is 0.241 e. The number of anilines is 1. The maximum atomic E-state index is 12.0. The highest BCUT2D eigenvalue weighted by Gasteiger charge is 2.21. The van der Waals surface area contributed by atoms with E-state index in [1.54, 1.807) is 24.3 Å². The number of nitrogens with two attached hydrogens (primary N) is 1. The largest absolute Gasteiger partial charge is 0.506 e. The standard InChI is InChI=1S/C15H22N2O2/c16-12(10-11-6-2-1-3-7-11)15(19)17-13-8-4-5-9-14(13)18/h4-5,8-9,11-12,18H,1-3,6-7,10,16H2,(H,17,19). The number of nitrogens with one attached hydrogen (secondary N) is 1. The second-order valence-corrected chi connectivity index (χ2v) is 5.35. The van der Waals surface area contributed by atoms with E-state index in [1.807, 2.05) is 0 Å². The van der Waals surface area contributed by atoms with Crippen molar-refractivity contribution >= 4 is 11.6 Å². The van der Waals surface area contributed by atoms with Crippen LogP contribution in [0.5, 0.6) is 5.75 Å². The van der Waals surface area contributed by atoms with Gasteiger partial charge in [-0.05, 0) is 24.5 Å². The van der Waals surface area contributed by atoms with Crippen LogP contribution in [-0.4, -0.2) is 17.1 Å². The molecule has 4 N–H and O–H groups in total. The zero-order chi connectivity index (χ0) is 13.7. The van der Waals surface area contributed by atoms with Crippen LogP contribution in [-0.2, 0) is 4.79 Å². The highest BCUT2D eigenvalue weighted by molar-refractivity contribution is 5.95. The fourth-order valence-electron chi connectivity index (χ4n) is 2.69. The van der Waals surface area contributed by atoms with E-state index in [-0.39, 0.29) is 11.7 Å². The van der Waals surface area contributed by atoms with E-state index in [0.717, 1.165) is 6.42 Å². The average Bonchev–Trinajstić information content (AvgIpc) is 2.42. The molecule has 1 saturated carbocycles. The second kappa shape index (κ2) is 6.57. The first-order valence-corrected chi connectivity index (χ1v) is 7.01. The molecule has 1 amide bonds. The first-order chi connectivity index (χ1) is 9.16. The van der Waals surface area contributed by atoms with E-state index in [4.69, 9.17) is 5.73 Å². The minimum Gasteiger partial charge on any atom is -0.506 e. The summed E-state index contributed by atoms with van der Waals surface area (Å²) in [5, 5.41) is 12.3. The predicted molar refractivity (Wildman–Crippen MR) is 75.9 cm³/mol. The SMILES string of the molecule is NC(CC1CCCCC1)C(=O)Nc1ccccc1O. The van der Waals surface area contributed by atoms with E-state index in [9.17, 15) is 9.90 Å². The maximum absolute atomic E-state index is 12.0. The van der Waals surface area contributed by atoms with Gasteiger partial charge < -0.3 is 16.2 Å². The van der Waals surface area contributed by atoms with Crippen molar-refractivity contribution in [3.8, 4) is 5.75 Å². The summed E-state index contributed by atoms with van der Waals surface area (Å²) in [7, 11) is 0. The van der Waals surface area contributed by atoms with Gasteiger partial charge in [0.1, 0.15) is 5.75 Å². The van der Waals surface area contributed by atoms with E-state index in [0.29, 0.717) is 11.6 Å². The van der Waals surface area contributed by atoms with Crippen LogP contribution >= 0.6 is 0 Å². The van der Waals surface area contributed by atoms with Gasteiger partial charge in [0, 0.05) is 0 Å². The second-order valence-electron chi connectivity index (χ2n) is 5.35. The number of hydrogen-bond donors (Lipinski definition) is 3. The summed E-state index contributed by atoms with van der Waals surface area (Å²) < 4.78 is 0. The molecule has 104 valence electrons. The summed E-state index contributed by atoms with van der Waals surface area (Å²) in [4.78, 5) is 12.0. The van der Waals surface area contributed by atoms with Gasteiger partial charge in [-0.15, -0.1) is 0 Å². The lowest BCUT2D eigenvalue weighted by Gasteiger charge is -2.24. The van der Waals surface area contributed by atoms with Gasteiger partial charge in [-0.25, -0.2) is 0 Å². The van der Waals surface area contributed by atoms with E-state index < -0.39 is 6.04 Å². The van der Waals surface area contributed by atoms with Crippen molar-refractivity contribution in [3.05, 3.63) is 24.3 Å². The van der Waals surface area contributed by atoms with Gasteiger partial charge in [0.25, 0.3) is 0 Å². The average molecular weight is 262 g/mol. The molecule has 1 unspecified atom stereocenters. The molecular weight excluding hydrogens is 240 g/mol. The van der Waals surface area contributed by atoms with Gasteiger partial charge >= 0.3 is 0 Å². The zero-order valence-electron chi connectivity index (χ0n) is 11.1. The molecule has 0 aromatic heterocycles. The van der Waals surface area contributed by atoms with Gasteiger partial charge in [-0.1, -0.05) is 44.2 Å². The van der Waals surface area contributed by atoms with Crippen molar-refractivity contribution in [3.63, 3.8) is 0 Å². The van der Waals surface area contributed by atoms with E-state index in [1.165, 1.54) is 32.1 Å². The van der Waals surface area contributed by atoms with Crippen LogP contribution in [0.25, 0.3) is 0 Å². The Kier molecular flexibility index (Phi) is 4.80. The zero-order valence-corrected chi connectivity index (χ0v) is 11.1. The number of rotatable bonds is 4. The molecule has 1 aromatic carbocycles. The van der Waals surface area contributed by atoms with E-state index in [2.05, 4.69) is 5.32 Å². The molecule has 0 saturated heterocycles. The summed E-state index contributed by atoms with van der Waals surface area (Å²) in [6, 6.07) is 6.19. The number of hydrogen-bond acceptors (Lipinski definition) is 3. The number of phenolic OH excluding ortho intramolecular Hbond substituents is 1. The lowest BCUT2D eigenvalue weighted by atomic mass is 9.85. The number of amides is 1. The fraction of sp³-hybridized carbons (Fsp3) is 0.533. The molecule has 0 spiro atoms. The normalized spacial score (nSPS) is 17.9. The van der Waals surface area contributed by atoms with E-state index >= 15 is 0 Å². The van der Waals surface area contributed by atoms with Crippen molar-refractivity contribution in [1.82, 2.24) is 0 Å². The number of carbonyl (C=O) groups is 1. The minimum atomic E-state index is -0.497. The third kappa shape index (κ3) is 3.96. The molecule has 0 radical (unpaired) electrons. The minimum absolute atomic E-state index is 0.0701. The molecule has 0 bridgehead atoms. The molecular formula is C15H22N2O2. The number of phenols is 1. The molecule has 0 heterocycles. The Bertz CT molecular complexity index is 428.